The Bertz CT molecular complexity index is 1080. The normalized spacial score (nSPS) is 12.0. The summed E-state index contributed by atoms with van der Waals surface area (Å²) in [4.78, 5) is 27.7. The van der Waals surface area contributed by atoms with Gasteiger partial charge >= 0.3 is 0 Å². The van der Waals surface area contributed by atoms with Gasteiger partial charge in [-0.2, -0.15) is 0 Å². The average molecular weight is 510 g/mol. The van der Waals surface area contributed by atoms with Gasteiger partial charge in [-0.1, -0.05) is 36.7 Å². The van der Waals surface area contributed by atoms with E-state index in [0.29, 0.717) is 41.6 Å². The van der Waals surface area contributed by atoms with Crippen LogP contribution in [0.4, 0.5) is 5.69 Å². The number of rotatable bonds is 12. The van der Waals surface area contributed by atoms with Crippen molar-refractivity contribution in [2.75, 3.05) is 30.3 Å². The van der Waals surface area contributed by atoms with E-state index < -0.39 is 28.5 Å². The lowest BCUT2D eigenvalue weighted by Gasteiger charge is -2.33. The molecule has 2 aromatic rings. The quantitative estimate of drug-likeness (QED) is 0.472. The predicted octanol–water partition coefficient (Wildman–Crippen LogP) is 3.45. The minimum atomic E-state index is -3.80. The summed E-state index contributed by atoms with van der Waals surface area (Å²) >= 11 is 6.32. The van der Waals surface area contributed by atoms with Gasteiger partial charge in [0.15, 0.2) is 0 Å². The number of halogens is 1. The van der Waals surface area contributed by atoms with Crippen molar-refractivity contribution in [1.29, 1.82) is 0 Å². The minimum absolute atomic E-state index is 0.0645. The molecule has 8 nitrogen and oxygen atoms in total. The summed E-state index contributed by atoms with van der Waals surface area (Å²) < 4.78 is 31.7. The fraction of sp³-hybridized carbons (Fsp3) is 0.417. The first-order valence-electron chi connectivity index (χ1n) is 11.1. The Morgan fingerprint density at radius 1 is 1.06 bits per heavy atom. The molecule has 186 valence electrons. The van der Waals surface area contributed by atoms with Crippen LogP contribution in [-0.4, -0.2) is 57.1 Å². The number of likely N-dealkylation sites (N-methyl/N-ethyl adjacent to an activating group) is 1. The molecule has 34 heavy (non-hydrogen) atoms. The molecule has 0 bridgehead atoms. The predicted molar refractivity (Wildman–Crippen MR) is 135 cm³/mol. The van der Waals surface area contributed by atoms with E-state index in [1.165, 1.54) is 4.90 Å². The topological polar surface area (TPSA) is 96.0 Å². The number of amides is 2. The van der Waals surface area contributed by atoms with Crippen molar-refractivity contribution in [2.24, 2.45) is 0 Å². The first-order valence-corrected chi connectivity index (χ1v) is 13.4. The fourth-order valence-corrected chi connectivity index (χ4v) is 4.56. The second-order valence-electron chi connectivity index (χ2n) is 7.63. The summed E-state index contributed by atoms with van der Waals surface area (Å²) in [6, 6.07) is 12.7. The van der Waals surface area contributed by atoms with Gasteiger partial charge in [-0.25, -0.2) is 8.42 Å². The molecule has 0 fully saturated rings. The zero-order valence-electron chi connectivity index (χ0n) is 20.0. The zero-order valence-corrected chi connectivity index (χ0v) is 21.5. The SMILES string of the molecule is CCNC(=O)C(CC)N(Cc1ccccc1Cl)C(=O)CN(c1ccc(OCC)cc1)S(C)(=O)=O. The highest BCUT2D eigenvalue weighted by Crippen LogP contribution is 2.24. The molecule has 2 rings (SSSR count). The highest BCUT2D eigenvalue weighted by molar-refractivity contribution is 7.92. The zero-order chi connectivity index (χ0) is 25.3. The Balaban J connectivity index is 2.42. The van der Waals surface area contributed by atoms with Gasteiger partial charge < -0.3 is 15.0 Å². The largest absolute Gasteiger partial charge is 0.494 e. The van der Waals surface area contributed by atoms with E-state index in [9.17, 15) is 18.0 Å². The van der Waals surface area contributed by atoms with Crippen LogP contribution < -0.4 is 14.4 Å². The van der Waals surface area contributed by atoms with Crippen molar-refractivity contribution in [2.45, 2.75) is 39.8 Å². The van der Waals surface area contributed by atoms with Crippen LogP contribution in [0.1, 0.15) is 32.8 Å². The van der Waals surface area contributed by atoms with Crippen LogP contribution in [0, 0.1) is 0 Å². The van der Waals surface area contributed by atoms with Crippen LogP contribution >= 0.6 is 11.6 Å². The highest BCUT2D eigenvalue weighted by Gasteiger charge is 2.31. The smallest absolute Gasteiger partial charge is 0.244 e. The van der Waals surface area contributed by atoms with Crippen molar-refractivity contribution >= 4 is 39.1 Å². The number of carbonyl (C=O) groups excluding carboxylic acids is 2. The van der Waals surface area contributed by atoms with E-state index in [1.807, 2.05) is 6.92 Å². The van der Waals surface area contributed by atoms with Gasteiger partial charge in [0, 0.05) is 18.1 Å². The lowest BCUT2D eigenvalue weighted by Crippen LogP contribution is -2.52. The van der Waals surface area contributed by atoms with Gasteiger partial charge in [0.25, 0.3) is 0 Å². The number of ether oxygens (including phenoxy) is 1. The maximum atomic E-state index is 13.5. The van der Waals surface area contributed by atoms with Gasteiger partial charge in [-0.3, -0.25) is 13.9 Å². The van der Waals surface area contributed by atoms with Crippen LogP contribution in [0.3, 0.4) is 0 Å². The van der Waals surface area contributed by atoms with Crippen molar-refractivity contribution in [3.8, 4) is 5.75 Å². The molecule has 2 aromatic carbocycles. The summed E-state index contributed by atoms with van der Waals surface area (Å²) in [5.74, 6) is -0.233. The number of anilines is 1. The van der Waals surface area contributed by atoms with E-state index in [-0.39, 0.29) is 12.5 Å². The molecule has 0 saturated heterocycles. The van der Waals surface area contributed by atoms with Crippen LogP contribution in [0.15, 0.2) is 48.5 Å². The number of hydrogen-bond acceptors (Lipinski definition) is 5. The molecule has 0 spiro atoms. The lowest BCUT2D eigenvalue weighted by atomic mass is 10.1. The van der Waals surface area contributed by atoms with Gasteiger partial charge in [0.05, 0.1) is 18.6 Å². The molecule has 1 N–H and O–H groups in total. The summed E-state index contributed by atoms with van der Waals surface area (Å²) in [7, 11) is -3.80. The number of nitrogens with zero attached hydrogens (tertiary/aromatic N) is 2. The Labute approximate surface area is 206 Å². The molecule has 0 aromatic heterocycles. The first kappa shape index (κ1) is 27.5. The summed E-state index contributed by atoms with van der Waals surface area (Å²) in [5.41, 5.74) is 0.982. The molecule has 0 aliphatic carbocycles. The fourth-order valence-electron chi connectivity index (χ4n) is 3.51. The molecule has 0 saturated carbocycles. The van der Waals surface area contributed by atoms with Gasteiger partial charge in [-0.15, -0.1) is 0 Å². The first-order chi connectivity index (χ1) is 16.1. The number of carbonyl (C=O) groups is 2. The monoisotopic (exact) mass is 509 g/mol. The second-order valence-corrected chi connectivity index (χ2v) is 9.94. The minimum Gasteiger partial charge on any atom is -0.494 e. The van der Waals surface area contributed by atoms with E-state index in [2.05, 4.69) is 5.32 Å². The molecule has 0 aliphatic rings. The number of hydrogen-bond donors (Lipinski definition) is 1. The van der Waals surface area contributed by atoms with Crippen molar-refractivity contribution in [1.82, 2.24) is 10.2 Å². The molecule has 0 heterocycles. The van der Waals surface area contributed by atoms with Gasteiger partial charge in [0.1, 0.15) is 18.3 Å². The maximum Gasteiger partial charge on any atom is 0.244 e. The molecule has 0 aliphatic heterocycles. The highest BCUT2D eigenvalue weighted by atomic mass is 35.5. The third kappa shape index (κ3) is 7.36. The Kier molecular flexibility index (Phi) is 10.2. The van der Waals surface area contributed by atoms with Crippen molar-refractivity contribution < 1.29 is 22.7 Å². The number of nitrogens with one attached hydrogen (secondary N) is 1. The maximum absolute atomic E-state index is 13.5. The van der Waals surface area contributed by atoms with E-state index in [4.69, 9.17) is 16.3 Å². The molecule has 1 atom stereocenters. The summed E-state index contributed by atoms with van der Waals surface area (Å²) in [5, 5.41) is 3.21. The average Bonchev–Trinajstić information content (AvgIpc) is 2.79. The number of sulfonamides is 1. The van der Waals surface area contributed by atoms with E-state index in [0.717, 1.165) is 10.6 Å². The molecular weight excluding hydrogens is 478 g/mol. The molecule has 10 heteroatoms. The Hall–Kier alpha value is -2.78. The van der Waals surface area contributed by atoms with Crippen LogP contribution in [0.2, 0.25) is 5.02 Å². The third-order valence-electron chi connectivity index (χ3n) is 5.15. The van der Waals surface area contributed by atoms with Gasteiger partial charge in [0.2, 0.25) is 21.8 Å². The Morgan fingerprint density at radius 2 is 1.71 bits per heavy atom. The van der Waals surface area contributed by atoms with Crippen LogP contribution in [-0.2, 0) is 26.2 Å². The standard InChI is InChI=1S/C24H32ClN3O5S/c1-5-22(24(30)26-6-2)27(16-18-10-8-9-11-21(18)25)23(29)17-28(34(4,31)32)19-12-14-20(15-13-19)33-7-3/h8-15,22H,5-7,16-17H2,1-4H3,(H,26,30). The number of benzene rings is 2. The summed E-state index contributed by atoms with van der Waals surface area (Å²) in [6.07, 6.45) is 1.39. The molecule has 0 radical (unpaired) electrons. The third-order valence-corrected chi connectivity index (χ3v) is 6.66. The molecule has 1 unspecified atom stereocenters. The summed E-state index contributed by atoms with van der Waals surface area (Å²) in [6.45, 7) is 5.92. The van der Waals surface area contributed by atoms with Crippen molar-refractivity contribution in [3.05, 3.63) is 59.1 Å². The van der Waals surface area contributed by atoms with Crippen molar-refractivity contribution in [3.63, 3.8) is 0 Å². The van der Waals surface area contributed by atoms with E-state index in [1.54, 1.807) is 62.4 Å². The molecular formula is C24H32ClN3O5S. The van der Waals surface area contributed by atoms with Crippen LogP contribution in [0.25, 0.3) is 0 Å². The molecule has 2 amide bonds. The second kappa shape index (κ2) is 12.6. The lowest BCUT2D eigenvalue weighted by molar-refractivity contribution is -0.140. The van der Waals surface area contributed by atoms with Gasteiger partial charge in [-0.05, 0) is 56.2 Å². The van der Waals surface area contributed by atoms with Crippen LogP contribution in [0.5, 0.6) is 5.75 Å². The van der Waals surface area contributed by atoms with E-state index >= 15 is 0 Å². The Morgan fingerprint density at radius 3 is 2.24 bits per heavy atom.